The number of nitrogens with one attached hydrogen (secondary N) is 2. The molecule has 0 heterocycles. The molecule has 1 aromatic rings. The number of hydrogen-bond donors (Lipinski definition) is 2. The molecule has 1 aromatic carbocycles. The molecule has 0 fully saturated rings. The lowest BCUT2D eigenvalue weighted by atomic mass is 10.2. The molecule has 0 aliphatic heterocycles. The summed E-state index contributed by atoms with van der Waals surface area (Å²) >= 11 is 0. The molecule has 18 heavy (non-hydrogen) atoms. The van der Waals surface area contributed by atoms with Crippen LogP contribution in [0.2, 0.25) is 0 Å². The normalized spacial score (nSPS) is 10.6. The van der Waals surface area contributed by atoms with E-state index in [0.29, 0.717) is 6.54 Å². The first-order chi connectivity index (χ1) is 8.76. The molecule has 0 atom stereocenters. The van der Waals surface area contributed by atoms with E-state index in [4.69, 9.17) is 0 Å². The number of hydrogen-bond acceptors (Lipinski definition) is 1. The summed E-state index contributed by atoms with van der Waals surface area (Å²) in [5.74, 6) is 0. The van der Waals surface area contributed by atoms with Gasteiger partial charge < -0.3 is 10.6 Å². The summed E-state index contributed by atoms with van der Waals surface area (Å²) < 4.78 is 0. The Morgan fingerprint density at radius 2 is 2.22 bits per heavy atom. The smallest absolute Gasteiger partial charge is 0.319 e. The fourth-order valence-electron chi connectivity index (χ4n) is 1.46. The zero-order chi connectivity index (χ0) is 13.2. The van der Waals surface area contributed by atoms with Crippen LogP contribution in [0.25, 0.3) is 6.08 Å². The second-order valence-corrected chi connectivity index (χ2v) is 3.93. The van der Waals surface area contributed by atoms with E-state index in [1.54, 1.807) is 12.2 Å². The van der Waals surface area contributed by atoms with Crippen LogP contribution in [0.15, 0.2) is 30.3 Å². The number of unbranched alkanes of at least 4 members (excludes halogenated alkanes) is 1. The van der Waals surface area contributed by atoms with Crippen LogP contribution in [-0.2, 0) is 5.11 Å². The standard InChI is InChI=1S/C14H19N2O2/c1-2-3-9-15-14(18)16-13-8-4-6-12(11-13)7-5-10-17/h4-8,11H,2-3,9-10H2,1H3,(H2,15,16,18). The number of rotatable bonds is 6. The summed E-state index contributed by atoms with van der Waals surface area (Å²) in [6.45, 7) is 2.51. The van der Waals surface area contributed by atoms with E-state index in [9.17, 15) is 9.90 Å². The van der Waals surface area contributed by atoms with Crippen molar-refractivity contribution in [3.05, 3.63) is 35.9 Å². The van der Waals surface area contributed by atoms with Crippen molar-refractivity contribution >= 4 is 17.8 Å². The van der Waals surface area contributed by atoms with E-state index < -0.39 is 0 Å². The number of carbonyl (C=O) groups is 1. The van der Waals surface area contributed by atoms with Gasteiger partial charge in [-0.15, -0.1) is 0 Å². The van der Waals surface area contributed by atoms with Crippen molar-refractivity contribution in [3.8, 4) is 0 Å². The fourth-order valence-corrected chi connectivity index (χ4v) is 1.46. The molecule has 4 nitrogen and oxygen atoms in total. The van der Waals surface area contributed by atoms with Crippen molar-refractivity contribution in [2.45, 2.75) is 19.8 Å². The van der Waals surface area contributed by atoms with Crippen molar-refractivity contribution in [1.29, 1.82) is 0 Å². The first kappa shape index (κ1) is 14.3. The average molecular weight is 247 g/mol. The highest BCUT2D eigenvalue weighted by atomic mass is 16.2. The maximum Gasteiger partial charge on any atom is 0.319 e. The van der Waals surface area contributed by atoms with E-state index >= 15 is 0 Å². The van der Waals surface area contributed by atoms with E-state index in [1.807, 2.05) is 24.3 Å². The molecule has 1 rings (SSSR count). The molecule has 0 unspecified atom stereocenters. The molecule has 0 saturated heterocycles. The summed E-state index contributed by atoms with van der Waals surface area (Å²) in [5.41, 5.74) is 1.62. The van der Waals surface area contributed by atoms with Crippen molar-refractivity contribution < 1.29 is 9.90 Å². The van der Waals surface area contributed by atoms with Crippen molar-refractivity contribution in [2.24, 2.45) is 0 Å². The van der Waals surface area contributed by atoms with Gasteiger partial charge in [0.15, 0.2) is 0 Å². The molecule has 0 aliphatic carbocycles. The van der Waals surface area contributed by atoms with Gasteiger partial charge >= 0.3 is 6.03 Å². The highest BCUT2D eigenvalue weighted by Crippen LogP contribution is 2.11. The van der Waals surface area contributed by atoms with Gasteiger partial charge in [0.2, 0.25) is 0 Å². The molecule has 0 spiro atoms. The van der Waals surface area contributed by atoms with Crippen LogP contribution in [0.5, 0.6) is 0 Å². The third kappa shape index (κ3) is 5.50. The van der Waals surface area contributed by atoms with Gasteiger partial charge in [-0.1, -0.05) is 37.6 Å². The number of carbonyl (C=O) groups excluding carboxylic acids is 1. The fraction of sp³-hybridized carbons (Fsp3) is 0.357. The Bertz CT molecular complexity index is 403. The van der Waals surface area contributed by atoms with Crippen LogP contribution >= 0.6 is 0 Å². The van der Waals surface area contributed by atoms with E-state index in [2.05, 4.69) is 17.6 Å². The summed E-state index contributed by atoms with van der Waals surface area (Å²) in [4.78, 5) is 11.5. The number of amides is 2. The van der Waals surface area contributed by atoms with Gasteiger partial charge in [-0.05, 0) is 24.1 Å². The van der Waals surface area contributed by atoms with Crippen LogP contribution in [0.1, 0.15) is 25.3 Å². The third-order valence-electron chi connectivity index (χ3n) is 2.37. The third-order valence-corrected chi connectivity index (χ3v) is 2.37. The van der Waals surface area contributed by atoms with Gasteiger partial charge in [-0.25, -0.2) is 9.90 Å². The Labute approximate surface area is 108 Å². The predicted molar refractivity (Wildman–Crippen MR) is 73.0 cm³/mol. The van der Waals surface area contributed by atoms with Crippen LogP contribution in [0.3, 0.4) is 0 Å². The Balaban J connectivity index is 2.51. The van der Waals surface area contributed by atoms with Crippen LogP contribution in [-0.4, -0.2) is 19.2 Å². The topological polar surface area (TPSA) is 61.0 Å². The Morgan fingerprint density at radius 1 is 1.39 bits per heavy atom. The Hall–Kier alpha value is -1.81. The predicted octanol–water partition coefficient (Wildman–Crippen LogP) is 3.05. The first-order valence-corrected chi connectivity index (χ1v) is 6.16. The van der Waals surface area contributed by atoms with Crippen LogP contribution < -0.4 is 10.6 Å². The molecule has 97 valence electrons. The van der Waals surface area contributed by atoms with Gasteiger partial charge in [0.05, 0.1) is 0 Å². The highest BCUT2D eigenvalue weighted by Gasteiger charge is 2.00. The average Bonchev–Trinajstić information content (AvgIpc) is 2.37. The summed E-state index contributed by atoms with van der Waals surface area (Å²) in [7, 11) is 0. The second kappa shape index (κ2) is 8.31. The summed E-state index contributed by atoms with van der Waals surface area (Å²) in [6, 6.07) is 7.16. The van der Waals surface area contributed by atoms with Gasteiger partial charge in [-0.3, -0.25) is 0 Å². The molecule has 2 N–H and O–H groups in total. The SMILES string of the molecule is CCCCNC(=O)Nc1cccc(C=CC[O])c1. The van der Waals surface area contributed by atoms with E-state index in [-0.39, 0.29) is 12.6 Å². The maximum absolute atomic E-state index is 11.5. The van der Waals surface area contributed by atoms with Gasteiger partial charge in [-0.2, -0.15) is 0 Å². The number of anilines is 1. The minimum Gasteiger partial charge on any atom is -0.338 e. The van der Waals surface area contributed by atoms with Gasteiger partial charge in [0.1, 0.15) is 6.61 Å². The maximum atomic E-state index is 11.5. The lowest BCUT2D eigenvalue weighted by Gasteiger charge is -2.07. The molecular weight excluding hydrogens is 228 g/mol. The molecule has 0 aliphatic rings. The molecule has 0 bridgehead atoms. The molecule has 0 saturated carbocycles. The Morgan fingerprint density at radius 3 is 2.94 bits per heavy atom. The lowest BCUT2D eigenvalue weighted by Crippen LogP contribution is -2.29. The summed E-state index contributed by atoms with van der Waals surface area (Å²) in [6.07, 6.45) is 5.31. The van der Waals surface area contributed by atoms with Crippen molar-refractivity contribution in [1.82, 2.24) is 5.32 Å². The molecule has 2 amide bonds. The highest BCUT2D eigenvalue weighted by molar-refractivity contribution is 5.89. The molecule has 4 heteroatoms. The number of benzene rings is 1. The largest absolute Gasteiger partial charge is 0.338 e. The van der Waals surface area contributed by atoms with Crippen LogP contribution in [0, 0.1) is 0 Å². The minimum absolute atomic E-state index is 0.201. The first-order valence-electron chi connectivity index (χ1n) is 6.16. The van der Waals surface area contributed by atoms with E-state index in [0.717, 1.165) is 24.1 Å². The van der Waals surface area contributed by atoms with Crippen molar-refractivity contribution in [3.63, 3.8) is 0 Å². The number of urea groups is 1. The summed E-state index contributed by atoms with van der Waals surface area (Å²) in [5, 5.41) is 15.9. The Kier molecular flexibility index (Phi) is 6.58. The molecule has 0 aromatic heterocycles. The lowest BCUT2D eigenvalue weighted by molar-refractivity contribution is 0.233. The monoisotopic (exact) mass is 247 g/mol. The minimum atomic E-state index is -0.241. The van der Waals surface area contributed by atoms with Gasteiger partial charge in [0, 0.05) is 12.2 Å². The quantitative estimate of drug-likeness (QED) is 0.746. The van der Waals surface area contributed by atoms with Gasteiger partial charge in [0.25, 0.3) is 0 Å². The second-order valence-electron chi connectivity index (χ2n) is 3.93. The zero-order valence-electron chi connectivity index (χ0n) is 10.6. The van der Waals surface area contributed by atoms with Crippen molar-refractivity contribution in [2.75, 3.05) is 18.5 Å². The zero-order valence-corrected chi connectivity index (χ0v) is 10.6. The molecule has 1 radical (unpaired) electrons. The molecular formula is C14H19N2O2. The van der Waals surface area contributed by atoms with Crippen LogP contribution in [0.4, 0.5) is 10.5 Å². The van der Waals surface area contributed by atoms with E-state index in [1.165, 1.54) is 0 Å².